The van der Waals surface area contributed by atoms with Crippen LogP contribution in [0.15, 0.2) is 72.8 Å². The normalized spacial score (nSPS) is 12.6. The van der Waals surface area contributed by atoms with Crippen LogP contribution in [0.1, 0.15) is 27.8 Å². The van der Waals surface area contributed by atoms with Gasteiger partial charge < -0.3 is 15.2 Å². The van der Waals surface area contributed by atoms with E-state index in [1.54, 1.807) is 24.3 Å². The summed E-state index contributed by atoms with van der Waals surface area (Å²) in [5.41, 5.74) is -2.21. The van der Waals surface area contributed by atoms with E-state index in [0.717, 1.165) is 5.56 Å². The minimum Gasteiger partial charge on any atom is -0.489 e. The molecular weight excluding hydrogens is 504 g/mol. The molecule has 0 aromatic heterocycles. The number of benzene rings is 3. The molecule has 0 saturated carbocycles. The molecule has 0 bridgehead atoms. The standard InChI is InChI=1S/C26H21F6NO4/c27-25(28,29)19-10-18(11-20(14-19)26(30,31)32)13-23(34)33-22(24(35)36)12-16-6-8-21(9-7-16)37-15-17-4-2-1-3-5-17/h1-11,14,22H,12-13,15H2,(H,33,34)(H,35,36)/t22-/m0/s1. The zero-order valence-electron chi connectivity index (χ0n) is 19.1. The minimum absolute atomic E-state index is 0.0469. The summed E-state index contributed by atoms with van der Waals surface area (Å²) in [6, 6.07) is 15.1. The van der Waals surface area contributed by atoms with Gasteiger partial charge in [-0.1, -0.05) is 42.5 Å². The van der Waals surface area contributed by atoms with Gasteiger partial charge in [-0.15, -0.1) is 0 Å². The molecule has 0 radical (unpaired) electrons. The lowest BCUT2D eigenvalue weighted by molar-refractivity contribution is -0.143. The Kier molecular flexibility index (Phi) is 8.46. The number of carboxylic acids is 1. The largest absolute Gasteiger partial charge is 0.489 e. The number of ether oxygens (including phenoxy) is 1. The fraction of sp³-hybridized carbons (Fsp3) is 0.231. The summed E-state index contributed by atoms with van der Waals surface area (Å²) >= 11 is 0. The van der Waals surface area contributed by atoms with E-state index in [1.807, 2.05) is 30.3 Å². The molecule has 0 fully saturated rings. The molecule has 0 spiro atoms. The quantitative estimate of drug-likeness (QED) is 0.354. The molecule has 0 unspecified atom stereocenters. The van der Waals surface area contributed by atoms with Crippen LogP contribution in [0.2, 0.25) is 0 Å². The molecular formula is C26H21F6NO4. The smallest absolute Gasteiger partial charge is 0.416 e. The summed E-state index contributed by atoms with van der Waals surface area (Å²) in [5.74, 6) is -1.94. The second kappa shape index (κ2) is 11.4. The molecule has 0 saturated heterocycles. The third-order valence-corrected chi connectivity index (χ3v) is 5.26. The van der Waals surface area contributed by atoms with E-state index in [2.05, 4.69) is 5.32 Å². The Bertz CT molecular complexity index is 1190. The van der Waals surface area contributed by atoms with E-state index in [-0.39, 0.29) is 12.5 Å². The summed E-state index contributed by atoms with van der Waals surface area (Å²) in [5, 5.41) is 11.6. The van der Waals surface area contributed by atoms with Crippen LogP contribution in [-0.2, 0) is 41.4 Å². The van der Waals surface area contributed by atoms with Crippen molar-refractivity contribution in [2.75, 3.05) is 0 Å². The van der Waals surface area contributed by atoms with E-state index in [9.17, 15) is 41.0 Å². The van der Waals surface area contributed by atoms with Crippen molar-refractivity contribution in [2.45, 2.75) is 37.8 Å². The lowest BCUT2D eigenvalue weighted by Crippen LogP contribution is -2.43. The number of carboxylic acid groups (broad SMARTS) is 1. The van der Waals surface area contributed by atoms with Gasteiger partial charge in [0.05, 0.1) is 17.5 Å². The van der Waals surface area contributed by atoms with Crippen molar-refractivity contribution in [3.8, 4) is 5.75 Å². The summed E-state index contributed by atoms with van der Waals surface area (Å²) in [7, 11) is 0. The molecule has 0 heterocycles. The van der Waals surface area contributed by atoms with Gasteiger partial charge in [0, 0.05) is 6.42 Å². The molecule has 37 heavy (non-hydrogen) atoms. The highest BCUT2D eigenvalue weighted by atomic mass is 19.4. The van der Waals surface area contributed by atoms with Gasteiger partial charge in [0.1, 0.15) is 18.4 Å². The van der Waals surface area contributed by atoms with Gasteiger partial charge in [0.2, 0.25) is 5.91 Å². The number of nitrogens with one attached hydrogen (secondary N) is 1. The second-order valence-electron chi connectivity index (χ2n) is 8.17. The van der Waals surface area contributed by atoms with Crippen LogP contribution in [0.25, 0.3) is 0 Å². The van der Waals surface area contributed by atoms with Crippen molar-refractivity contribution in [3.05, 3.63) is 101 Å². The van der Waals surface area contributed by atoms with Crippen LogP contribution in [0.3, 0.4) is 0 Å². The van der Waals surface area contributed by atoms with Crippen LogP contribution < -0.4 is 10.1 Å². The summed E-state index contributed by atoms with van der Waals surface area (Å²) < 4.78 is 83.9. The van der Waals surface area contributed by atoms with Crippen molar-refractivity contribution in [1.29, 1.82) is 0 Å². The first kappa shape index (κ1) is 27.6. The van der Waals surface area contributed by atoms with Gasteiger partial charge in [0.25, 0.3) is 0 Å². The molecule has 0 aliphatic heterocycles. The average Bonchev–Trinajstić information content (AvgIpc) is 2.82. The van der Waals surface area contributed by atoms with Crippen LogP contribution >= 0.6 is 0 Å². The molecule has 196 valence electrons. The number of carbonyl (C=O) groups excluding carboxylic acids is 1. The summed E-state index contributed by atoms with van der Waals surface area (Å²) in [6.07, 6.45) is -11.2. The monoisotopic (exact) mass is 525 g/mol. The molecule has 2 N–H and O–H groups in total. The summed E-state index contributed by atoms with van der Waals surface area (Å²) in [6.45, 7) is 0.319. The Morgan fingerprint density at radius 2 is 1.35 bits per heavy atom. The maximum absolute atomic E-state index is 13.0. The van der Waals surface area contributed by atoms with Gasteiger partial charge >= 0.3 is 18.3 Å². The Labute approximate surface area is 207 Å². The third kappa shape index (κ3) is 8.26. The molecule has 3 aromatic rings. The molecule has 1 atom stereocenters. The fourth-order valence-electron chi connectivity index (χ4n) is 3.45. The predicted molar refractivity (Wildman–Crippen MR) is 121 cm³/mol. The van der Waals surface area contributed by atoms with Crippen LogP contribution in [0, 0.1) is 0 Å². The topological polar surface area (TPSA) is 75.6 Å². The van der Waals surface area contributed by atoms with Crippen molar-refractivity contribution in [1.82, 2.24) is 5.32 Å². The summed E-state index contributed by atoms with van der Waals surface area (Å²) in [4.78, 5) is 24.0. The zero-order chi connectivity index (χ0) is 27.2. The van der Waals surface area contributed by atoms with Gasteiger partial charge in [-0.25, -0.2) is 4.79 Å². The highest BCUT2D eigenvalue weighted by Gasteiger charge is 2.37. The van der Waals surface area contributed by atoms with Crippen molar-refractivity contribution in [3.63, 3.8) is 0 Å². The van der Waals surface area contributed by atoms with E-state index >= 15 is 0 Å². The number of rotatable bonds is 9. The van der Waals surface area contributed by atoms with Gasteiger partial charge in [-0.2, -0.15) is 26.3 Å². The molecule has 11 heteroatoms. The number of carbonyl (C=O) groups is 2. The first-order chi connectivity index (χ1) is 17.3. The van der Waals surface area contributed by atoms with Gasteiger partial charge in [0.15, 0.2) is 0 Å². The lowest BCUT2D eigenvalue weighted by atomic mass is 10.0. The first-order valence-electron chi connectivity index (χ1n) is 10.9. The van der Waals surface area contributed by atoms with Crippen LogP contribution in [0.4, 0.5) is 26.3 Å². The van der Waals surface area contributed by atoms with Crippen molar-refractivity contribution >= 4 is 11.9 Å². The SMILES string of the molecule is O=C(Cc1cc(C(F)(F)F)cc(C(F)(F)F)c1)N[C@@H](Cc1ccc(OCc2ccccc2)cc1)C(=O)O. The van der Waals surface area contributed by atoms with Gasteiger partial charge in [-0.05, 0) is 47.0 Å². The maximum atomic E-state index is 13.0. The number of aliphatic carboxylic acids is 1. The highest BCUT2D eigenvalue weighted by Crippen LogP contribution is 2.36. The molecule has 5 nitrogen and oxygen atoms in total. The number of hydrogen-bond donors (Lipinski definition) is 2. The predicted octanol–water partition coefficient (Wildman–Crippen LogP) is 5.66. The third-order valence-electron chi connectivity index (χ3n) is 5.26. The fourth-order valence-corrected chi connectivity index (χ4v) is 3.45. The van der Waals surface area contributed by atoms with Crippen LogP contribution in [-0.4, -0.2) is 23.0 Å². The number of amides is 1. The number of hydrogen-bond acceptors (Lipinski definition) is 3. The van der Waals surface area contributed by atoms with Gasteiger partial charge in [-0.3, -0.25) is 4.79 Å². The van der Waals surface area contributed by atoms with E-state index in [1.165, 1.54) is 0 Å². The lowest BCUT2D eigenvalue weighted by Gasteiger charge is -2.17. The Balaban J connectivity index is 1.65. The highest BCUT2D eigenvalue weighted by molar-refractivity contribution is 5.85. The van der Waals surface area contributed by atoms with E-state index < -0.39 is 53.4 Å². The maximum Gasteiger partial charge on any atom is 0.416 e. The Hall–Kier alpha value is -4.02. The number of alkyl halides is 6. The first-order valence-corrected chi connectivity index (χ1v) is 10.9. The number of halogens is 6. The molecule has 0 aliphatic carbocycles. The Morgan fingerprint density at radius 1 is 0.784 bits per heavy atom. The zero-order valence-corrected chi connectivity index (χ0v) is 19.1. The average molecular weight is 525 g/mol. The van der Waals surface area contributed by atoms with E-state index in [4.69, 9.17) is 4.74 Å². The molecule has 0 aliphatic rings. The second-order valence-corrected chi connectivity index (χ2v) is 8.17. The molecule has 3 aromatic carbocycles. The molecule has 1 amide bonds. The Morgan fingerprint density at radius 3 is 1.86 bits per heavy atom. The van der Waals surface area contributed by atoms with E-state index in [0.29, 0.717) is 30.1 Å². The molecule has 3 rings (SSSR count). The minimum atomic E-state index is -5.06. The van der Waals surface area contributed by atoms with Crippen LogP contribution in [0.5, 0.6) is 5.75 Å². The van der Waals surface area contributed by atoms with Crippen molar-refractivity contribution in [2.24, 2.45) is 0 Å². The van der Waals surface area contributed by atoms with Crippen molar-refractivity contribution < 1.29 is 45.8 Å².